The van der Waals surface area contributed by atoms with Gasteiger partial charge < -0.3 is 31.2 Å². The van der Waals surface area contributed by atoms with Crippen LogP contribution in [0, 0.1) is 0 Å². The highest BCUT2D eigenvalue weighted by Gasteiger charge is 2.07. The number of nitrogens with zero attached hydrogens (tertiary/aromatic N) is 4. The Morgan fingerprint density at radius 2 is 1.36 bits per heavy atom. The maximum atomic E-state index is 5.54. The Morgan fingerprint density at radius 3 is 2.06 bits per heavy atom. The van der Waals surface area contributed by atoms with Crippen LogP contribution < -0.4 is 21.7 Å². The van der Waals surface area contributed by atoms with E-state index in [2.05, 4.69) is 35.9 Å². The molecule has 176 valence electrons. The average Bonchev–Trinajstić information content (AvgIpc) is 2.86. The molecule has 0 saturated heterocycles. The normalized spacial score (nSPS) is 10.7. The Morgan fingerprint density at radius 1 is 0.697 bits per heavy atom. The lowest BCUT2D eigenvalue weighted by molar-refractivity contribution is 0.0547. The van der Waals surface area contributed by atoms with Crippen molar-refractivity contribution in [2.75, 3.05) is 62.0 Å². The summed E-state index contributed by atoms with van der Waals surface area (Å²) in [5, 5.41) is 9.72. The molecule has 33 heavy (non-hydrogen) atoms. The first-order valence-electron chi connectivity index (χ1n) is 11.1. The first kappa shape index (κ1) is 24.3. The third-order valence-corrected chi connectivity index (χ3v) is 4.48. The molecule has 0 radical (unpaired) electrons. The number of benzene rings is 1. The van der Waals surface area contributed by atoms with Gasteiger partial charge in [0.1, 0.15) is 0 Å². The molecule has 3 rings (SSSR count). The van der Waals surface area contributed by atoms with Gasteiger partial charge in [-0.25, -0.2) is 0 Å². The zero-order valence-electron chi connectivity index (χ0n) is 18.7. The SMILES string of the molecule is NCCOCCOCCNc1nc(NCCc2ccccn2)nc(NCc2ccccc2)n1. The van der Waals surface area contributed by atoms with Gasteiger partial charge in [-0.3, -0.25) is 4.98 Å². The zero-order chi connectivity index (χ0) is 23.0. The van der Waals surface area contributed by atoms with Gasteiger partial charge in [-0.15, -0.1) is 0 Å². The molecule has 0 atom stereocenters. The van der Waals surface area contributed by atoms with Crippen LogP contribution in [0.4, 0.5) is 17.8 Å². The van der Waals surface area contributed by atoms with Crippen LogP contribution in [0.25, 0.3) is 0 Å². The average molecular weight is 453 g/mol. The van der Waals surface area contributed by atoms with Crippen LogP contribution in [-0.2, 0) is 22.4 Å². The number of pyridine rings is 1. The van der Waals surface area contributed by atoms with Gasteiger partial charge in [0, 0.05) is 44.5 Å². The second kappa shape index (κ2) is 14.7. The third-order valence-electron chi connectivity index (χ3n) is 4.48. The molecule has 2 aromatic heterocycles. The van der Waals surface area contributed by atoms with Gasteiger partial charge in [0.05, 0.1) is 26.4 Å². The Kier molecular flexibility index (Phi) is 10.8. The van der Waals surface area contributed by atoms with E-state index in [1.54, 1.807) is 6.20 Å². The van der Waals surface area contributed by atoms with E-state index in [1.807, 2.05) is 48.5 Å². The van der Waals surface area contributed by atoms with E-state index >= 15 is 0 Å². The molecule has 0 spiro atoms. The number of anilines is 3. The molecule has 0 saturated carbocycles. The number of nitrogens with two attached hydrogens (primary N) is 1. The second-order valence-corrected chi connectivity index (χ2v) is 7.08. The van der Waals surface area contributed by atoms with Gasteiger partial charge in [0.15, 0.2) is 0 Å². The molecule has 0 unspecified atom stereocenters. The molecule has 10 nitrogen and oxygen atoms in total. The van der Waals surface area contributed by atoms with Crippen LogP contribution in [0.5, 0.6) is 0 Å². The molecule has 0 aliphatic carbocycles. The van der Waals surface area contributed by atoms with Crippen LogP contribution in [0.1, 0.15) is 11.3 Å². The van der Waals surface area contributed by atoms with E-state index in [9.17, 15) is 0 Å². The third kappa shape index (κ3) is 9.77. The first-order chi connectivity index (χ1) is 16.3. The van der Waals surface area contributed by atoms with Crippen molar-refractivity contribution in [1.29, 1.82) is 0 Å². The van der Waals surface area contributed by atoms with Gasteiger partial charge >= 0.3 is 0 Å². The molecule has 0 aliphatic rings. The molecular weight excluding hydrogens is 420 g/mol. The standard InChI is InChI=1S/C23H32N8O2/c24-10-14-32-16-17-33-15-13-27-22-29-21(26-12-9-20-8-4-5-11-25-20)30-23(31-22)28-18-19-6-2-1-3-7-19/h1-8,11H,9-10,12-18,24H2,(H3,26,27,28,29,30,31). The predicted octanol–water partition coefficient (Wildman–Crippen LogP) is 1.94. The lowest BCUT2D eigenvalue weighted by atomic mass is 10.2. The molecular formula is C23H32N8O2. The zero-order valence-corrected chi connectivity index (χ0v) is 18.7. The maximum absolute atomic E-state index is 5.54. The highest BCUT2D eigenvalue weighted by atomic mass is 16.5. The Bertz CT molecular complexity index is 915. The van der Waals surface area contributed by atoms with Gasteiger partial charge in [0.2, 0.25) is 17.8 Å². The maximum Gasteiger partial charge on any atom is 0.229 e. The molecule has 5 N–H and O–H groups in total. The molecule has 1 aromatic carbocycles. The van der Waals surface area contributed by atoms with E-state index in [4.69, 9.17) is 15.2 Å². The smallest absolute Gasteiger partial charge is 0.229 e. The van der Waals surface area contributed by atoms with Crippen molar-refractivity contribution in [3.05, 3.63) is 66.0 Å². The lowest BCUT2D eigenvalue weighted by Gasteiger charge is -2.12. The van der Waals surface area contributed by atoms with Crippen molar-refractivity contribution < 1.29 is 9.47 Å². The van der Waals surface area contributed by atoms with E-state index in [0.29, 0.717) is 70.5 Å². The number of hydrogen-bond donors (Lipinski definition) is 4. The fourth-order valence-electron chi connectivity index (χ4n) is 2.88. The number of hydrogen-bond acceptors (Lipinski definition) is 10. The van der Waals surface area contributed by atoms with Gasteiger partial charge in [-0.1, -0.05) is 36.4 Å². The largest absolute Gasteiger partial charge is 0.378 e. The van der Waals surface area contributed by atoms with Crippen molar-refractivity contribution in [1.82, 2.24) is 19.9 Å². The van der Waals surface area contributed by atoms with Gasteiger partial charge in [0.25, 0.3) is 0 Å². The van der Waals surface area contributed by atoms with E-state index < -0.39 is 0 Å². The van der Waals surface area contributed by atoms with Gasteiger partial charge in [-0.2, -0.15) is 15.0 Å². The second-order valence-electron chi connectivity index (χ2n) is 7.08. The van der Waals surface area contributed by atoms with Gasteiger partial charge in [-0.05, 0) is 17.7 Å². The minimum absolute atomic E-state index is 0.476. The topological polar surface area (TPSA) is 132 Å². The van der Waals surface area contributed by atoms with Crippen molar-refractivity contribution in [2.24, 2.45) is 5.73 Å². The fraction of sp³-hybridized carbons (Fsp3) is 0.391. The molecule has 0 bridgehead atoms. The molecule has 0 aliphatic heterocycles. The van der Waals surface area contributed by atoms with Crippen LogP contribution in [0.2, 0.25) is 0 Å². The number of nitrogens with one attached hydrogen (secondary N) is 3. The van der Waals surface area contributed by atoms with Crippen LogP contribution in [0.3, 0.4) is 0 Å². The van der Waals surface area contributed by atoms with E-state index in [1.165, 1.54) is 0 Å². The monoisotopic (exact) mass is 452 g/mol. The minimum atomic E-state index is 0.476. The van der Waals surface area contributed by atoms with Crippen LogP contribution in [0.15, 0.2) is 54.7 Å². The van der Waals surface area contributed by atoms with Crippen molar-refractivity contribution in [3.8, 4) is 0 Å². The van der Waals surface area contributed by atoms with Crippen molar-refractivity contribution in [2.45, 2.75) is 13.0 Å². The molecule has 2 heterocycles. The Balaban J connectivity index is 1.52. The number of aromatic nitrogens is 4. The molecule has 10 heteroatoms. The number of ether oxygens (including phenoxy) is 2. The summed E-state index contributed by atoms with van der Waals surface area (Å²) in [4.78, 5) is 17.8. The van der Waals surface area contributed by atoms with Crippen LogP contribution >= 0.6 is 0 Å². The Hall–Kier alpha value is -3.34. The summed E-state index contributed by atoms with van der Waals surface area (Å²) in [7, 11) is 0. The minimum Gasteiger partial charge on any atom is -0.378 e. The summed E-state index contributed by atoms with van der Waals surface area (Å²) in [6.07, 6.45) is 2.56. The first-order valence-corrected chi connectivity index (χ1v) is 11.1. The van der Waals surface area contributed by atoms with E-state index in [-0.39, 0.29) is 0 Å². The van der Waals surface area contributed by atoms with Crippen molar-refractivity contribution >= 4 is 17.8 Å². The summed E-state index contributed by atoms with van der Waals surface area (Å²) in [5.74, 6) is 1.46. The molecule has 3 aromatic rings. The summed E-state index contributed by atoms with van der Waals surface area (Å²) >= 11 is 0. The highest BCUT2D eigenvalue weighted by Crippen LogP contribution is 2.11. The quantitative estimate of drug-likeness (QED) is 0.239. The summed E-state index contributed by atoms with van der Waals surface area (Å²) in [6.45, 7) is 4.44. The predicted molar refractivity (Wildman–Crippen MR) is 129 cm³/mol. The molecule has 0 amide bonds. The molecule has 0 fully saturated rings. The lowest BCUT2D eigenvalue weighted by Crippen LogP contribution is -2.17. The van der Waals surface area contributed by atoms with Crippen LogP contribution in [-0.4, -0.2) is 66.0 Å². The summed E-state index contributed by atoms with van der Waals surface area (Å²) < 4.78 is 10.8. The highest BCUT2D eigenvalue weighted by molar-refractivity contribution is 5.42. The summed E-state index contributed by atoms with van der Waals surface area (Å²) in [6, 6.07) is 16.0. The van der Waals surface area contributed by atoms with Crippen molar-refractivity contribution in [3.63, 3.8) is 0 Å². The number of rotatable bonds is 16. The Labute approximate surface area is 194 Å². The summed E-state index contributed by atoms with van der Waals surface area (Å²) in [5.41, 5.74) is 7.53. The fourth-order valence-corrected chi connectivity index (χ4v) is 2.88. The van der Waals surface area contributed by atoms with E-state index in [0.717, 1.165) is 17.7 Å².